The van der Waals surface area contributed by atoms with Gasteiger partial charge in [-0.3, -0.25) is 19.2 Å². The molecular weight excluding hydrogens is 372 g/mol. The van der Waals surface area contributed by atoms with Crippen molar-refractivity contribution in [2.75, 3.05) is 6.61 Å². The molecule has 7 atom stereocenters. The van der Waals surface area contributed by atoms with Crippen LogP contribution in [-0.2, 0) is 23.9 Å². The molecule has 6 heteroatoms. The Morgan fingerprint density at radius 1 is 1.14 bits per heavy atom. The zero-order valence-corrected chi connectivity index (χ0v) is 17.7. The number of rotatable bonds is 3. The fourth-order valence-corrected chi connectivity index (χ4v) is 7.61. The number of aliphatic hydroxyl groups is 1. The van der Waals surface area contributed by atoms with Gasteiger partial charge in [0.1, 0.15) is 17.2 Å². The number of esters is 1. The topological polar surface area (TPSA) is 97.7 Å². The van der Waals surface area contributed by atoms with Crippen molar-refractivity contribution >= 4 is 23.3 Å². The van der Waals surface area contributed by atoms with Crippen LogP contribution in [0.25, 0.3) is 0 Å². The van der Waals surface area contributed by atoms with Crippen LogP contribution < -0.4 is 0 Å². The van der Waals surface area contributed by atoms with Gasteiger partial charge in [-0.05, 0) is 55.3 Å². The lowest BCUT2D eigenvalue weighted by molar-refractivity contribution is -0.180. The van der Waals surface area contributed by atoms with Crippen molar-refractivity contribution < 1.29 is 29.0 Å². The molecular formula is C23H32O6. The van der Waals surface area contributed by atoms with Gasteiger partial charge < -0.3 is 9.84 Å². The minimum Gasteiger partial charge on any atom is -0.458 e. The van der Waals surface area contributed by atoms with Gasteiger partial charge in [-0.15, -0.1) is 0 Å². The van der Waals surface area contributed by atoms with E-state index in [1.165, 1.54) is 6.92 Å². The summed E-state index contributed by atoms with van der Waals surface area (Å²) in [5.41, 5.74) is -2.61. The highest BCUT2D eigenvalue weighted by atomic mass is 16.5. The third-order valence-electron chi connectivity index (χ3n) is 9.19. The average molecular weight is 405 g/mol. The number of Topliss-reactive ketones (excluding diaryl/α,β-unsaturated/α-hetero) is 3. The molecule has 4 fully saturated rings. The molecule has 29 heavy (non-hydrogen) atoms. The van der Waals surface area contributed by atoms with Crippen LogP contribution in [-0.4, -0.2) is 40.6 Å². The molecule has 0 radical (unpaired) electrons. The summed E-state index contributed by atoms with van der Waals surface area (Å²) in [6.45, 7) is 4.86. The molecule has 0 heterocycles. The molecule has 0 aliphatic heterocycles. The van der Waals surface area contributed by atoms with E-state index >= 15 is 0 Å². The van der Waals surface area contributed by atoms with Crippen LogP contribution in [0, 0.1) is 34.5 Å². The van der Waals surface area contributed by atoms with Gasteiger partial charge in [0, 0.05) is 37.5 Å². The van der Waals surface area contributed by atoms with Gasteiger partial charge >= 0.3 is 5.97 Å². The molecule has 0 amide bonds. The Balaban J connectivity index is 1.64. The summed E-state index contributed by atoms with van der Waals surface area (Å²) in [6.07, 6.45) is 4.90. The SMILES string of the molecule is CC(=O)OCC(=O)[C@]1(O)CC[C@@H]2[C@H]3CC[C@H]4CC(=O)CC[C@]4(C)[C@H]3C(=O)C[C@@]21C. The molecule has 0 unspecified atom stereocenters. The van der Waals surface area contributed by atoms with Gasteiger partial charge in [-0.2, -0.15) is 0 Å². The molecule has 0 spiro atoms. The number of ether oxygens (including phenoxy) is 1. The van der Waals surface area contributed by atoms with Crippen molar-refractivity contribution in [1.82, 2.24) is 0 Å². The normalized spacial score (nSPS) is 46.5. The standard InChI is InChI=1S/C23H32O6/c1-13(24)29-12-19(27)23(28)9-7-17-16-5-4-14-10-15(25)6-8-21(14,2)20(16)18(26)11-22(17,23)3/h14,16-17,20,28H,4-12H2,1-3H3/t14-,16+,17+,20+,21-,22-,23+/m0/s1. The van der Waals surface area contributed by atoms with Crippen molar-refractivity contribution in [3.8, 4) is 0 Å². The quantitative estimate of drug-likeness (QED) is 0.726. The number of ketones is 3. The van der Waals surface area contributed by atoms with Crippen molar-refractivity contribution in [3.05, 3.63) is 0 Å². The van der Waals surface area contributed by atoms with Crippen LogP contribution in [0.1, 0.15) is 72.1 Å². The second kappa shape index (κ2) is 6.73. The van der Waals surface area contributed by atoms with E-state index in [0.29, 0.717) is 31.5 Å². The molecule has 1 N–H and O–H groups in total. The Hall–Kier alpha value is -1.56. The lowest BCUT2D eigenvalue weighted by Gasteiger charge is -2.59. The maximum Gasteiger partial charge on any atom is 0.303 e. The fraction of sp³-hybridized carbons (Fsp3) is 0.826. The van der Waals surface area contributed by atoms with Crippen LogP contribution in [0.2, 0.25) is 0 Å². The summed E-state index contributed by atoms with van der Waals surface area (Å²) >= 11 is 0. The zero-order valence-electron chi connectivity index (χ0n) is 17.7. The second-order valence-corrected chi connectivity index (χ2v) is 10.4. The molecule has 0 saturated heterocycles. The lowest BCUT2D eigenvalue weighted by atomic mass is 9.44. The number of hydrogen-bond donors (Lipinski definition) is 1. The minimum absolute atomic E-state index is 0.0849. The first-order valence-corrected chi connectivity index (χ1v) is 11.0. The highest BCUT2D eigenvalue weighted by molar-refractivity contribution is 5.93. The molecule has 4 aliphatic rings. The third kappa shape index (κ3) is 2.85. The van der Waals surface area contributed by atoms with Gasteiger partial charge in [0.05, 0.1) is 0 Å². The van der Waals surface area contributed by atoms with Gasteiger partial charge in [0.15, 0.2) is 6.61 Å². The Morgan fingerprint density at radius 2 is 1.86 bits per heavy atom. The van der Waals surface area contributed by atoms with Gasteiger partial charge in [0.25, 0.3) is 0 Å². The van der Waals surface area contributed by atoms with Crippen LogP contribution in [0.3, 0.4) is 0 Å². The highest BCUT2D eigenvalue weighted by Gasteiger charge is 2.69. The fourth-order valence-electron chi connectivity index (χ4n) is 7.61. The molecule has 6 nitrogen and oxygen atoms in total. The van der Waals surface area contributed by atoms with Gasteiger partial charge in [-0.1, -0.05) is 13.8 Å². The van der Waals surface area contributed by atoms with Crippen molar-refractivity contribution in [2.45, 2.75) is 77.7 Å². The monoisotopic (exact) mass is 404 g/mol. The first-order chi connectivity index (χ1) is 13.5. The molecule has 4 saturated carbocycles. The van der Waals surface area contributed by atoms with Crippen molar-refractivity contribution in [3.63, 3.8) is 0 Å². The summed E-state index contributed by atoms with van der Waals surface area (Å²) in [4.78, 5) is 49.5. The van der Waals surface area contributed by atoms with E-state index in [1.54, 1.807) is 0 Å². The predicted molar refractivity (Wildman–Crippen MR) is 104 cm³/mol. The third-order valence-corrected chi connectivity index (χ3v) is 9.19. The van der Waals surface area contributed by atoms with E-state index in [4.69, 9.17) is 4.74 Å². The van der Waals surface area contributed by atoms with E-state index in [0.717, 1.165) is 19.3 Å². The van der Waals surface area contributed by atoms with E-state index in [-0.39, 0.29) is 41.3 Å². The smallest absolute Gasteiger partial charge is 0.303 e. The Bertz CT molecular complexity index is 773. The molecule has 0 bridgehead atoms. The average Bonchev–Trinajstić information content (AvgIpc) is 2.91. The number of fused-ring (bicyclic) bond motifs is 5. The lowest BCUT2D eigenvalue weighted by Crippen LogP contribution is -2.62. The van der Waals surface area contributed by atoms with Crippen molar-refractivity contribution in [1.29, 1.82) is 0 Å². The van der Waals surface area contributed by atoms with Crippen LogP contribution in [0.5, 0.6) is 0 Å². The summed E-state index contributed by atoms with van der Waals surface area (Å²) in [5.74, 6) is -0.187. The number of carbonyl (C=O) groups is 4. The molecule has 0 aromatic rings. The predicted octanol–water partition coefficient (Wildman–Crippen LogP) is 2.64. The molecule has 0 aromatic heterocycles. The molecule has 160 valence electrons. The summed E-state index contributed by atoms with van der Waals surface area (Å²) in [7, 11) is 0. The molecule has 0 aromatic carbocycles. The minimum atomic E-state index is -1.63. The Morgan fingerprint density at radius 3 is 2.55 bits per heavy atom. The summed E-state index contributed by atoms with van der Waals surface area (Å²) in [6, 6.07) is 0. The van der Waals surface area contributed by atoms with Gasteiger partial charge in [0.2, 0.25) is 5.78 Å². The zero-order chi connectivity index (χ0) is 21.2. The Kier molecular flexibility index (Phi) is 4.80. The highest BCUT2D eigenvalue weighted by Crippen LogP contribution is 2.67. The van der Waals surface area contributed by atoms with Crippen LogP contribution in [0.4, 0.5) is 0 Å². The maximum absolute atomic E-state index is 13.5. The first-order valence-electron chi connectivity index (χ1n) is 11.0. The summed E-state index contributed by atoms with van der Waals surface area (Å²) in [5, 5.41) is 11.4. The van der Waals surface area contributed by atoms with Crippen LogP contribution in [0.15, 0.2) is 0 Å². The first kappa shape index (κ1) is 20.7. The largest absolute Gasteiger partial charge is 0.458 e. The van der Waals surface area contributed by atoms with E-state index in [9.17, 15) is 24.3 Å². The summed E-state index contributed by atoms with van der Waals surface area (Å²) < 4.78 is 4.87. The van der Waals surface area contributed by atoms with E-state index < -0.39 is 29.4 Å². The number of carbonyl (C=O) groups excluding carboxylic acids is 4. The number of hydrogen-bond acceptors (Lipinski definition) is 6. The molecule has 4 aliphatic carbocycles. The van der Waals surface area contributed by atoms with E-state index in [2.05, 4.69) is 6.92 Å². The van der Waals surface area contributed by atoms with Crippen LogP contribution >= 0.6 is 0 Å². The maximum atomic E-state index is 13.5. The van der Waals surface area contributed by atoms with E-state index in [1.807, 2.05) is 6.92 Å². The van der Waals surface area contributed by atoms with Gasteiger partial charge in [-0.25, -0.2) is 0 Å². The van der Waals surface area contributed by atoms with Crippen molar-refractivity contribution in [2.24, 2.45) is 34.5 Å². The molecule has 4 rings (SSSR count). The Labute approximate surface area is 171 Å². The second-order valence-electron chi connectivity index (χ2n) is 10.4.